The van der Waals surface area contributed by atoms with Crippen molar-refractivity contribution in [2.75, 3.05) is 0 Å². The topological polar surface area (TPSA) is 102 Å². The number of ether oxygens (including phenoxy) is 1. The fourth-order valence-corrected chi connectivity index (χ4v) is 1.72. The fraction of sp³-hybridized carbons (Fsp3) is 0.125. The summed E-state index contributed by atoms with van der Waals surface area (Å²) in [7, 11) is 0. The lowest BCUT2D eigenvalue weighted by Crippen LogP contribution is -2.22. The zero-order valence-corrected chi connectivity index (χ0v) is 12.2. The molecule has 23 heavy (non-hydrogen) atoms. The van der Waals surface area contributed by atoms with E-state index in [4.69, 9.17) is 9.84 Å². The summed E-state index contributed by atoms with van der Waals surface area (Å²) in [5.74, 6) is -0.603. The van der Waals surface area contributed by atoms with Crippen molar-refractivity contribution in [3.05, 3.63) is 64.2 Å². The predicted molar refractivity (Wildman–Crippen MR) is 84.5 cm³/mol. The van der Waals surface area contributed by atoms with Crippen molar-refractivity contribution >= 4 is 23.6 Å². The largest absolute Gasteiger partial charge is 0.479 e. The molecule has 0 aliphatic carbocycles. The number of hydrogen-bond donors (Lipinski definition) is 1. The Morgan fingerprint density at radius 2 is 2.00 bits per heavy atom. The molecule has 0 unspecified atom stereocenters. The molecule has 0 heterocycles. The van der Waals surface area contributed by atoms with Gasteiger partial charge in [-0.3, -0.25) is 15.1 Å². The Morgan fingerprint density at radius 1 is 1.30 bits per heavy atom. The fourth-order valence-electron chi connectivity index (χ4n) is 1.72. The van der Waals surface area contributed by atoms with E-state index in [-0.39, 0.29) is 5.69 Å². The van der Waals surface area contributed by atoms with Crippen molar-refractivity contribution in [1.29, 1.82) is 0 Å². The molecule has 0 saturated heterocycles. The maximum atomic E-state index is 10.7. The summed E-state index contributed by atoms with van der Waals surface area (Å²) in [5, 5.41) is 19.5. The molecule has 1 atom stereocenters. The number of nitro benzene ring substituents is 1. The number of carboxylic acid groups (broad SMARTS) is 1. The van der Waals surface area contributed by atoms with Gasteiger partial charge in [0.05, 0.1) is 10.6 Å². The zero-order valence-electron chi connectivity index (χ0n) is 12.2. The molecular weight excluding hydrogens is 300 g/mol. The second-order valence-electron chi connectivity index (χ2n) is 4.70. The third kappa shape index (κ3) is 4.63. The van der Waals surface area contributed by atoms with Crippen molar-refractivity contribution in [3.8, 4) is 5.75 Å². The highest BCUT2D eigenvalue weighted by Gasteiger charge is 2.11. The van der Waals surface area contributed by atoms with E-state index in [0.29, 0.717) is 11.4 Å². The second kappa shape index (κ2) is 7.17. The summed E-state index contributed by atoms with van der Waals surface area (Å²) in [6.45, 7) is 1.44. The van der Waals surface area contributed by atoms with E-state index < -0.39 is 17.0 Å². The van der Waals surface area contributed by atoms with Crippen molar-refractivity contribution in [1.82, 2.24) is 0 Å². The molecular formula is C16H14N2O5. The number of non-ortho nitro benzene ring substituents is 1. The van der Waals surface area contributed by atoms with E-state index in [1.807, 2.05) is 0 Å². The van der Waals surface area contributed by atoms with Crippen LogP contribution in [0.3, 0.4) is 0 Å². The molecule has 1 N–H and O–H groups in total. The molecule has 2 rings (SSSR count). The van der Waals surface area contributed by atoms with Crippen molar-refractivity contribution in [3.63, 3.8) is 0 Å². The lowest BCUT2D eigenvalue weighted by molar-refractivity contribution is -0.384. The number of hydrogen-bond acceptors (Lipinski definition) is 5. The number of benzene rings is 2. The van der Waals surface area contributed by atoms with Crippen LogP contribution in [0.5, 0.6) is 5.75 Å². The molecule has 0 fully saturated rings. The Hall–Kier alpha value is -3.22. The minimum absolute atomic E-state index is 0.0222. The Morgan fingerprint density at radius 3 is 2.61 bits per heavy atom. The van der Waals surface area contributed by atoms with Crippen LogP contribution in [0.2, 0.25) is 0 Å². The van der Waals surface area contributed by atoms with E-state index >= 15 is 0 Å². The first-order valence-electron chi connectivity index (χ1n) is 6.74. The van der Waals surface area contributed by atoms with Crippen molar-refractivity contribution < 1.29 is 19.6 Å². The summed E-state index contributed by atoms with van der Waals surface area (Å²) in [5.41, 5.74) is 1.21. The first-order valence-corrected chi connectivity index (χ1v) is 6.74. The lowest BCUT2D eigenvalue weighted by Gasteiger charge is -2.09. The van der Waals surface area contributed by atoms with Crippen LogP contribution in [-0.2, 0) is 4.79 Å². The van der Waals surface area contributed by atoms with Gasteiger partial charge in [0.15, 0.2) is 6.10 Å². The molecule has 2 aromatic rings. The first kappa shape index (κ1) is 16.2. The number of carbonyl (C=O) groups is 1. The highest BCUT2D eigenvalue weighted by Crippen LogP contribution is 2.20. The van der Waals surface area contributed by atoms with Gasteiger partial charge in [-0.2, -0.15) is 0 Å². The van der Waals surface area contributed by atoms with Gasteiger partial charge < -0.3 is 9.84 Å². The van der Waals surface area contributed by atoms with E-state index in [1.54, 1.807) is 42.6 Å². The van der Waals surface area contributed by atoms with Gasteiger partial charge in [-0.05, 0) is 42.8 Å². The molecule has 0 bridgehead atoms. The number of aliphatic imine (C=N–C) groups is 1. The highest BCUT2D eigenvalue weighted by atomic mass is 16.6. The van der Waals surface area contributed by atoms with Crippen LogP contribution in [0.4, 0.5) is 11.4 Å². The molecule has 0 aliphatic heterocycles. The minimum Gasteiger partial charge on any atom is -0.479 e. The molecule has 0 amide bonds. The number of carboxylic acids is 1. The average Bonchev–Trinajstić information content (AvgIpc) is 2.54. The Kier molecular flexibility index (Phi) is 5.03. The van der Waals surface area contributed by atoms with E-state index in [2.05, 4.69) is 4.99 Å². The third-order valence-electron chi connectivity index (χ3n) is 2.94. The standard InChI is InChI=1S/C16H14N2O5/c1-11(16(19)20)23-15-7-5-12(6-8-15)10-17-13-3-2-4-14(9-13)18(21)22/h2-11H,1H3,(H,19,20)/t11-/m0/s1. The second-order valence-corrected chi connectivity index (χ2v) is 4.70. The Labute approximate surface area is 132 Å². The maximum Gasteiger partial charge on any atom is 0.344 e. The minimum atomic E-state index is -1.04. The molecule has 0 aromatic heterocycles. The van der Waals surface area contributed by atoms with Crippen LogP contribution in [0, 0.1) is 10.1 Å². The van der Waals surface area contributed by atoms with Crippen molar-refractivity contribution in [2.45, 2.75) is 13.0 Å². The number of aliphatic carboxylic acids is 1. The quantitative estimate of drug-likeness (QED) is 0.501. The Bertz CT molecular complexity index is 740. The first-order chi connectivity index (χ1) is 11.0. The highest BCUT2D eigenvalue weighted by molar-refractivity contribution is 5.82. The maximum absolute atomic E-state index is 10.7. The van der Waals surface area contributed by atoms with E-state index in [0.717, 1.165) is 5.56 Å². The summed E-state index contributed by atoms with van der Waals surface area (Å²) < 4.78 is 5.22. The number of nitrogens with zero attached hydrogens (tertiary/aromatic N) is 2. The van der Waals surface area contributed by atoms with Crippen LogP contribution in [0.25, 0.3) is 0 Å². The SMILES string of the molecule is C[C@H](Oc1ccc(C=Nc2cccc([N+](=O)[O-])c2)cc1)C(=O)O. The van der Waals surface area contributed by atoms with Crippen LogP contribution < -0.4 is 4.74 Å². The van der Waals surface area contributed by atoms with Gasteiger partial charge in [0.1, 0.15) is 5.75 Å². The zero-order chi connectivity index (χ0) is 16.8. The average molecular weight is 314 g/mol. The van der Waals surface area contributed by atoms with Crippen LogP contribution in [-0.4, -0.2) is 28.3 Å². The molecule has 2 aromatic carbocycles. The number of nitro groups is 1. The number of rotatable bonds is 6. The van der Waals surface area contributed by atoms with Gasteiger partial charge in [-0.15, -0.1) is 0 Å². The van der Waals surface area contributed by atoms with Gasteiger partial charge in [0.25, 0.3) is 5.69 Å². The van der Waals surface area contributed by atoms with Gasteiger partial charge in [-0.25, -0.2) is 4.79 Å². The van der Waals surface area contributed by atoms with Crippen LogP contribution in [0.1, 0.15) is 12.5 Å². The summed E-state index contributed by atoms with van der Waals surface area (Å²) >= 11 is 0. The molecule has 118 valence electrons. The normalized spacial score (nSPS) is 12.0. The monoisotopic (exact) mass is 314 g/mol. The van der Waals surface area contributed by atoms with E-state index in [1.165, 1.54) is 19.1 Å². The van der Waals surface area contributed by atoms with Gasteiger partial charge in [0, 0.05) is 18.3 Å². The molecule has 0 aliphatic rings. The van der Waals surface area contributed by atoms with E-state index in [9.17, 15) is 14.9 Å². The van der Waals surface area contributed by atoms with Gasteiger partial charge in [0.2, 0.25) is 0 Å². The predicted octanol–water partition coefficient (Wildman–Crippen LogP) is 3.20. The lowest BCUT2D eigenvalue weighted by atomic mass is 10.2. The summed E-state index contributed by atoms with van der Waals surface area (Å²) in [4.78, 5) is 25.1. The third-order valence-corrected chi connectivity index (χ3v) is 2.94. The molecule has 0 spiro atoms. The molecule has 0 saturated carbocycles. The summed E-state index contributed by atoms with van der Waals surface area (Å²) in [6, 6.07) is 12.7. The van der Waals surface area contributed by atoms with Gasteiger partial charge in [-0.1, -0.05) is 6.07 Å². The molecule has 7 heteroatoms. The molecule has 7 nitrogen and oxygen atoms in total. The van der Waals surface area contributed by atoms with Crippen LogP contribution >= 0.6 is 0 Å². The Balaban J connectivity index is 2.07. The summed E-state index contributed by atoms with van der Waals surface area (Å²) in [6.07, 6.45) is 0.628. The van der Waals surface area contributed by atoms with Gasteiger partial charge >= 0.3 is 5.97 Å². The van der Waals surface area contributed by atoms with Crippen molar-refractivity contribution in [2.24, 2.45) is 4.99 Å². The molecule has 0 radical (unpaired) electrons. The smallest absolute Gasteiger partial charge is 0.344 e. The van der Waals surface area contributed by atoms with Crippen LogP contribution in [0.15, 0.2) is 53.5 Å².